The number of hydrogen-bond donors (Lipinski definition) is 1. The van der Waals surface area contributed by atoms with Gasteiger partial charge in [-0.25, -0.2) is 0 Å². The molecule has 5 nitrogen and oxygen atoms in total. The fraction of sp³-hybridized carbons (Fsp3) is 0.438. The van der Waals surface area contributed by atoms with Gasteiger partial charge in [0.05, 0.1) is 6.07 Å². The number of nitrogens with zero attached hydrogens (tertiary/aromatic N) is 1. The summed E-state index contributed by atoms with van der Waals surface area (Å²) in [5.74, 6) is -2.33. The molecule has 1 amide bonds. The number of ether oxygens (including phenoxy) is 1. The lowest BCUT2D eigenvalue weighted by molar-refractivity contribution is -0.122. The lowest BCUT2D eigenvalue weighted by Gasteiger charge is -2.10. The van der Waals surface area contributed by atoms with Crippen LogP contribution in [0.4, 0.5) is 0 Å². The van der Waals surface area contributed by atoms with Gasteiger partial charge in [0.25, 0.3) is 0 Å². The molecule has 1 rings (SSSR count). The average molecular weight is 288 g/mol. The summed E-state index contributed by atoms with van der Waals surface area (Å²) in [6, 6.07) is 7.11. The van der Waals surface area contributed by atoms with E-state index in [2.05, 4.69) is 5.32 Å². The Morgan fingerprint density at radius 3 is 2.43 bits per heavy atom. The molecular weight excluding hydrogens is 268 g/mol. The molecule has 5 heteroatoms. The third-order valence-electron chi connectivity index (χ3n) is 2.98. The maximum Gasteiger partial charge on any atom is 0.245 e. The van der Waals surface area contributed by atoms with Crippen LogP contribution in [0.1, 0.15) is 27.9 Å². The number of hydrogen-bond acceptors (Lipinski definition) is 4. The van der Waals surface area contributed by atoms with Gasteiger partial charge in [-0.2, -0.15) is 5.26 Å². The number of nitriles is 1. The highest BCUT2D eigenvalue weighted by Gasteiger charge is 2.27. The maximum atomic E-state index is 12.3. The summed E-state index contributed by atoms with van der Waals surface area (Å²) in [5, 5.41) is 11.7. The van der Waals surface area contributed by atoms with E-state index in [4.69, 9.17) is 10.00 Å². The number of Topliss-reactive ketones (excluding diaryl/α,β-unsaturated/α-hetero) is 1. The minimum Gasteiger partial charge on any atom is -0.385 e. The van der Waals surface area contributed by atoms with E-state index in [1.165, 1.54) is 0 Å². The summed E-state index contributed by atoms with van der Waals surface area (Å²) in [4.78, 5) is 24.2. The Morgan fingerprint density at radius 2 is 1.90 bits per heavy atom. The molecule has 0 aromatic heterocycles. The van der Waals surface area contributed by atoms with E-state index in [9.17, 15) is 9.59 Å². The van der Waals surface area contributed by atoms with E-state index in [0.717, 1.165) is 11.1 Å². The van der Waals surface area contributed by atoms with Crippen molar-refractivity contribution in [3.8, 4) is 6.07 Å². The van der Waals surface area contributed by atoms with Crippen molar-refractivity contribution in [3.63, 3.8) is 0 Å². The predicted molar refractivity (Wildman–Crippen MR) is 78.9 cm³/mol. The number of amides is 1. The highest BCUT2D eigenvalue weighted by Crippen LogP contribution is 2.14. The summed E-state index contributed by atoms with van der Waals surface area (Å²) in [6.07, 6.45) is 0.637. The van der Waals surface area contributed by atoms with Crippen molar-refractivity contribution in [1.82, 2.24) is 5.32 Å². The zero-order chi connectivity index (χ0) is 15.8. The first kappa shape index (κ1) is 16.9. The van der Waals surface area contributed by atoms with Crippen molar-refractivity contribution in [2.24, 2.45) is 5.92 Å². The first-order valence-corrected chi connectivity index (χ1v) is 6.78. The van der Waals surface area contributed by atoms with Gasteiger partial charge in [-0.05, 0) is 32.4 Å². The second-order valence-corrected chi connectivity index (χ2v) is 4.94. The molecule has 1 N–H and O–H groups in total. The van der Waals surface area contributed by atoms with Gasteiger partial charge in [-0.15, -0.1) is 0 Å². The molecule has 0 fully saturated rings. The number of methoxy groups -OCH3 is 1. The summed E-state index contributed by atoms with van der Waals surface area (Å²) in [6.45, 7) is 4.64. The van der Waals surface area contributed by atoms with E-state index in [0.29, 0.717) is 25.1 Å². The van der Waals surface area contributed by atoms with Crippen LogP contribution in [0.5, 0.6) is 0 Å². The van der Waals surface area contributed by atoms with Crippen LogP contribution in [-0.4, -0.2) is 32.0 Å². The second-order valence-electron chi connectivity index (χ2n) is 4.94. The standard InChI is InChI=1S/C16H20N2O3/c1-11-7-12(2)9-13(8-11)15(19)14(10-17)16(20)18-5-4-6-21-3/h7-9,14H,4-6H2,1-3H3,(H,18,20)/t14-/m0/s1. The molecule has 0 heterocycles. The number of aryl methyl sites for hydroxylation is 2. The van der Waals surface area contributed by atoms with E-state index in [-0.39, 0.29) is 0 Å². The molecule has 1 aromatic rings. The molecule has 21 heavy (non-hydrogen) atoms. The topological polar surface area (TPSA) is 79.2 Å². The normalized spacial score (nSPS) is 11.5. The Bertz CT molecular complexity index is 541. The highest BCUT2D eigenvalue weighted by molar-refractivity contribution is 6.12. The monoisotopic (exact) mass is 288 g/mol. The molecule has 0 saturated heterocycles. The Hall–Kier alpha value is -2.19. The predicted octanol–water partition coefficient (Wildman–Crippen LogP) is 1.78. The van der Waals surface area contributed by atoms with Gasteiger partial charge in [-0.3, -0.25) is 9.59 Å². The van der Waals surface area contributed by atoms with Gasteiger partial charge in [0.15, 0.2) is 11.7 Å². The molecule has 0 saturated carbocycles. The first-order chi connectivity index (χ1) is 9.99. The highest BCUT2D eigenvalue weighted by atomic mass is 16.5. The van der Waals surface area contributed by atoms with E-state index in [1.54, 1.807) is 25.3 Å². The molecule has 112 valence electrons. The largest absolute Gasteiger partial charge is 0.385 e. The molecule has 1 aromatic carbocycles. The van der Waals surface area contributed by atoms with E-state index >= 15 is 0 Å². The summed E-state index contributed by atoms with van der Waals surface area (Å²) >= 11 is 0. The van der Waals surface area contributed by atoms with E-state index < -0.39 is 17.6 Å². The summed E-state index contributed by atoms with van der Waals surface area (Å²) < 4.78 is 4.87. The lowest BCUT2D eigenvalue weighted by atomic mass is 9.95. The lowest BCUT2D eigenvalue weighted by Crippen LogP contribution is -2.35. The van der Waals surface area contributed by atoms with Crippen LogP contribution in [0.3, 0.4) is 0 Å². The zero-order valence-corrected chi connectivity index (χ0v) is 12.6. The first-order valence-electron chi connectivity index (χ1n) is 6.78. The Balaban J connectivity index is 2.77. The number of carbonyl (C=O) groups excluding carboxylic acids is 2. The van der Waals surface area contributed by atoms with Crippen molar-refractivity contribution < 1.29 is 14.3 Å². The fourth-order valence-corrected chi connectivity index (χ4v) is 2.05. The molecule has 0 aliphatic carbocycles. The van der Waals surface area contributed by atoms with Crippen LogP contribution in [0.15, 0.2) is 18.2 Å². The molecule has 0 spiro atoms. The second kappa shape index (κ2) is 8.18. The average Bonchev–Trinajstić information content (AvgIpc) is 2.43. The quantitative estimate of drug-likeness (QED) is 0.471. The minimum atomic E-state index is -1.31. The Morgan fingerprint density at radius 1 is 1.29 bits per heavy atom. The van der Waals surface area contributed by atoms with Gasteiger partial charge >= 0.3 is 0 Å². The molecular formula is C16H20N2O3. The third kappa shape index (κ3) is 5.01. The minimum absolute atomic E-state index is 0.380. The Kier molecular flexibility index (Phi) is 6.57. The van der Waals surface area contributed by atoms with Crippen molar-refractivity contribution >= 4 is 11.7 Å². The molecule has 0 aliphatic heterocycles. The zero-order valence-electron chi connectivity index (χ0n) is 12.6. The van der Waals surface area contributed by atoms with Crippen LogP contribution in [-0.2, 0) is 9.53 Å². The van der Waals surface area contributed by atoms with Gasteiger partial charge in [-0.1, -0.05) is 17.2 Å². The van der Waals surface area contributed by atoms with Crippen LogP contribution < -0.4 is 5.32 Å². The summed E-state index contributed by atoms with van der Waals surface area (Å²) in [7, 11) is 1.57. The fourth-order valence-electron chi connectivity index (χ4n) is 2.05. The van der Waals surface area contributed by atoms with Crippen LogP contribution in [0.25, 0.3) is 0 Å². The van der Waals surface area contributed by atoms with Crippen molar-refractivity contribution in [3.05, 3.63) is 34.9 Å². The number of nitrogens with one attached hydrogen (secondary N) is 1. The summed E-state index contributed by atoms with van der Waals surface area (Å²) in [5.41, 5.74) is 2.25. The van der Waals surface area contributed by atoms with Gasteiger partial charge < -0.3 is 10.1 Å². The van der Waals surface area contributed by atoms with Crippen LogP contribution >= 0.6 is 0 Å². The number of benzene rings is 1. The molecule has 0 aliphatic rings. The molecule has 0 radical (unpaired) electrons. The Labute approximate surface area is 124 Å². The van der Waals surface area contributed by atoms with Gasteiger partial charge in [0.2, 0.25) is 5.91 Å². The number of carbonyl (C=O) groups is 2. The molecule has 0 bridgehead atoms. The number of ketones is 1. The van der Waals surface area contributed by atoms with E-state index in [1.807, 2.05) is 19.9 Å². The smallest absolute Gasteiger partial charge is 0.245 e. The van der Waals surface area contributed by atoms with Crippen molar-refractivity contribution in [2.45, 2.75) is 20.3 Å². The molecule has 0 unspecified atom stereocenters. The van der Waals surface area contributed by atoms with Gasteiger partial charge in [0, 0.05) is 25.8 Å². The van der Waals surface area contributed by atoms with Crippen LogP contribution in [0.2, 0.25) is 0 Å². The van der Waals surface area contributed by atoms with Crippen molar-refractivity contribution in [2.75, 3.05) is 20.3 Å². The van der Waals surface area contributed by atoms with Gasteiger partial charge in [0.1, 0.15) is 0 Å². The van der Waals surface area contributed by atoms with Crippen molar-refractivity contribution in [1.29, 1.82) is 5.26 Å². The maximum absolute atomic E-state index is 12.3. The SMILES string of the molecule is COCCCNC(=O)[C@@H](C#N)C(=O)c1cc(C)cc(C)c1. The number of rotatable bonds is 7. The third-order valence-corrected chi connectivity index (χ3v) is 2.98. The molecule has 1 atom stereocenters. The van der Waals surface area contributed by atoms with Crippen LogP contribution in [0, 0.1) is 31.1 Å².